The van der Waals surface area contributed by atoms with Crippen molar-refractivity contribution < 1.29 is 4.79 Å². The summed E-state index contributed by atoms with van der Waals surface area (Å²) in [5.74, 6) is 0. The molecule has 1 N–H and O–H groups in total. The number of carbonyl (C=O) groups excluding carboxylic acids is 1. The lowest BCUT2D eigenvalue weighted by molar-refractivity contribution is 0.245. The summed E-state index contributed by atoms with van der Waals surface area (Å²) in [6, 6.07) is 15.6. The van der Waals surface area contributed by atoms with Crippen LogP contribution in [-0.4, -0.2) is 12.6 Å². The van der Waals surface area contributed by atoms with Crippen molar-refractivity contribution in [2.75, 3.05) is 11.4 Å². The molecule has 108 valence electrons. The van der Waals surface area contributed by atoms with Crippen molar-refractivity contribution in [3.05, 3.63) is 64.7 Å². The number of urea groups is 1. The molecule has 4 heteroatoms. The smallest absolute Gasteiger partial charge is 0.322 e. The fourth-order valence-electron chi connectivity index (χ4n) is 2.62. The lowest BCUT2D eigenvalue weighted by Crippen LogP contribution is -2.42. The third-order valence-electron chi connectivity index (χ3n) is 3.71. The number of carbonyl (C=O) groups is 1. The van der Waals surface area contributed by atoms with Gasteiger partial charge in [0.05, 0.1) is 0 Å². The number of hydrogen-bond donors (Lipinski definition) is 1. The van der Waals surface area contributed by atoms with Gasteiger partial charge in [-0.1, -0.05) is 41.9 Å². The Bertz CT molecular complexity index is 639. The number of anilines is 1. The highest BCUT2D eigenvalue weighted by Gasteiger charge is 2.21. The quantitative estimate of drug-likeness (QED) is 0.893. The highest BCUT2D eigenvalue weighted by molar-refractivity contribution is 6.30. The Morgan fingerprint density at radius 1 is 1.14 bits per heavy atom. The number of halogens is 1. The van der Waals surface area contributed by atoms with E-state index in [2.05, 4.69) is 11.4 Å². The molecule has 3 nitrogen and oxygen atoms in total. The molecule has 0 saturated heterocycles. The monoisotopic (exact) mass is 300 g/mol. The van der Waals surface area contributed by atoms with Crippen LogP contribution < -0.4 is 10.2 Å². The van der Waals surface area contributed by atoms with Gasteiger partial charge in [0.15, 0.2) is 0 Å². The van der Waals surface area contributed by atoms with Crippen LogP contribution in [0.25, 0.3) is 0 Å². The van der Waals surface area contributed by atoms with Crippen LogP contribution in [0.3, 0.4) is 0 Å². The Morgan fingerprint density at radius 3 is 2.71 bits per heavy atom. The summed E-state index contributed by atoms with van der Waals surface area (Å²) >= 11 is 5.86. The average molecular weight is 301 g/mol. The van der Waals surface area contributed by atoms with Gasteiger partial charge in [-0.05, 0) is 42.2 Å². The Kier molecular flexibility index (Phi) is 4.11. The second-order valence-corrected chi connectivity index (χ2v) is 5.61. The van der Waals surface area contributed by atoms with Crippen molar-refractivity contribution in [2.24, 2.45) is 0 Å². The van der Waals surface area contributed by atoms with E-state index in [9.17, 15) is 4.79 Å². The van der Waals surface area contributed by atoms with Gasteiger partial charge < -0.3 is 5.32 Å². The molecular weight excluding hydrogens is 284 g/mol. The molecule has 0 spiro atoms. The molecule has 0 saturated carbocycles. The number of aryl methyl sites for hydroxylation is 1. The molecule has 1 aliphatic heterocycles. The molecule has 0 atom stereocenters. The number of fused-ring (bicyclic) bond motifs is 1. The number of rotatable bonds is 2. The summed E-state index contributed by atoms with van der Waals surface area (Å²) in [5.41, 5.74) is 3.31. The lowest BCUT2D eigenvalue weighted by Gasteiger charge is -2.29. The fraction of sp³-hybridized carbons (Fsp3) is 0.235. The Morgan fingerprint density at radius 2 is 1.90 bits per heavy atom. The van der Waals surface area contributed by atoms with E-state index in [4.69, 9.17) is 11.6 Å². The Labute approximate surface area is 129 Å². The number of nitrogens with zero attached hydrogens (tertiary/aromatic N) is 1. The van der Waals surface area contributed by atoms with E-state index in [0.29, 0.717) is 11.6 Å². The summed E-state index contributed by atoms with van der Waals surface area (Å²) in [4.78, 5) is 14.2. The Hall–Kier alpha value is -2.00. The van der Waals surface area contributed by atoms with Gasteiger partial charge in [-0.15, -0.1) is 0 Å². The molecule has 0 aliphatic carbocycles. The van der Waals surface area contributed by atoms with E-state index in [1.54, 1.807) is 0 Å². The molecule has 0 bridgehead atoms. The van der Waals surface area contributed by atoms with E-state index < -0.39 is 0 Å². The minimum atomic E-state index is -0.0444. The van der Waals surface area contributed by atoms with E-state index in [0.717, 1.165) is 30.6 Å². The molecule has 1 aliphatic rings. The highest BCUT2D eigenvalue weighted by Crippen LogP contribution is 2.26. The van der Waals surface area contributed by atoms with E-state index in [1.165, 1.54) is 5.56 Å². The molecule has 0 aromatic heterocycles. The molecule has 0 fully saturated rings. The minimum Gasteiger partial charge on any atom is -0.334 e. The van der Waals surface area contributed by atoms with Crippen molar-refractivity contribution in [1.82, 2.24) is 5.32 Å². The first-order valence-corrected chi connectivity index (χ1v) is 7.49. The van der Waals surface area contributed by atoms with Crippen molar-refractivity contribution in [2.45, 2.75) is 19.4 Å². The number of hydrogen-bond acceptors (Lipinski definition) is 1. The Balaban J connectivity index is 1.68. The summed E-state index contributed by atoms with van der Waals surface area (Å²) in [6.45, 7) is 1.28. The topological polar surface area (TPSA) is 32.3 Å². The first-order valence-electron chi connectivity index (χ1n) is 7.12. The number of para-hydroxylation sites is 1. The summed E-state index contributed by atoms with van der Waals surface area (Å²) in [5, 5.41) is 3.68. The van der Waals surface area contributed by atoms with Crippen LogP contribution in [0.1, 0.15) is 17.5 Å². The molecule has 0 unspecified atom stereocenters. The predicted molar refractivity (Wildman–Crippen MR) is 85.8 cm³/mol. The van der Waals surface area contributed by atoms with Crippen LogP contribution in [0.2, 0.25) is 5.02 Å². The zero-order chi connectivity index (χ0) is 14.7. The van der Waals surface area contributed by atoms with E-state index in [1.807, 2.05) is 47.4 Å². The lowest BCUT2D eigenvalue weighted by atomic mass is 10.0. The third-order valence-corrected chi connectivity index (χ3v) is 3.96. The largest absolute Gasteiger partial charge is 0.334 e. The van der Waals surface area contributed by atoms with Crippen molar-refractivity contribution in [3.63, 3.8) is 0 Å². The van der Waals surface area contributed by atoms with Crippen LogP contribution in [0.4, 0.5) is 10.5 Å². The standard InChI is InChI=1S/C17H17ClN2O/c18-15-9-7-13(8-10-15)12-19-17(21)20-11-3-5-14-4-1-2-6-16(14)20/h1-2,4,6-10H,3,5,11-12H2,(H,19,21). The van der Waals surface area contributed by atoms with E-state index >= 15 is 0 Å². The zero-order valence-corrected chi connectivity index (χ0v) is 12.4. The van der Waals surface area contributed by atoms with Gasteiger partial charge in [-0.3, -0.25) is 4.90 Å². The minimum absolute atomic E-state index is 0.0444. The molecule has 0 radical (unpaired) electrons. The first-order chi connectivity index (χ1) is 10.2. The maximum Gasteiger partial charge on any atom is 0.322 e. The van der Waals surface area contributed by atoms with Gasteiger partial charge in [0.25, 0.3) is 0 Å². The molecule has 1 heterocycles. The summed E-state index contributed by atoms with van der Waals surface area (Å²) < 4.78 is 0. The van der Waals surface area contributed by atoms with Gasteiger partial charge in [0, 0.05) is 23.8 Å². The SMILES string of the molecule is O=C(NCc1ccc(Cl)cc1)N1CCCc2ccccc21. The fourth-order valence-corrected chi connectivity index (χ4v) is 2.75. The van der Waals surface area contributed by atoms with Gasteiger partial charge in [-0.2, -0.15) is 0 Å². The zero-order valence-electron chi connectivity index (χ0n) is 11.7. The third kappa shape index (κ3) is 3.19. The molecule has 3 rings (SSSR count). The van der Waals surface area contributed by atoms with Gasteiger partial charge in [0.1, 0.15) is 0 Å². The summed E-state index contributed by atoms with van der Waals surface area (Å²) in [7, 11) is 0. The second kappa shape index (κ2) is 6.19. The van der Waals surface area contributed by atoms with Crippen molar-refractivity contribution in [1.29, 1.82) is 0 Å². The van der Waals surface area contributed by atoms with E-state index in [-0.39, 0.29) is 6.03 Å². The maximum absolute atomic E-state index is 12.4. The number of benzene rings is 2. The highest BCUT2D eigenvalue weighted by atomic mass is 35.5. The van der Waals surface area contributed by atoms with Crippen LogP contribution in [0, 0.1) is 0 Å². The molecular formula is C17H17ClN2O. The number of nitrogens with one attached hydrogen (secondary N) is 1. The van der Waals surface area contributed by atoms with Gasteiger partial charge in [-0.25, -0.2) is 4.79 Å². The van der Waals surface area contributed by atoms with Crippen LogP contribution in [0.15, 0.2) is 48.5 Å². The molecule has 2 amide bonds. The number of amides is 2. The normalized spacial score (nSPS) is 13.7. The van der Waals surface area contributed by atoms with Crippen LogP contribution >= 0.6 is 11.6 Å². The van der Waals surface area contributed by atoms with Crippen LogP contribution in [0.5, 0.6) is 0 Å². The van der Waals surface area contributed by atoms with Crippen LogP contribution in [-0.2, 0) is 13.0 Å². The second-order valence-electron chi connectivity index (χ2n) is 5.17. The summed E-state index contributed by atoms with van der Waals surface area (Å²) in [6.07, 6.45) is 2.04. The van der Waals surface area contributed by atoms with Crippen molar-refractivity contribution in [3.8, 4) is 0 Å². The average Bonchev–Trinajstić information content (AvgIpc) is 2.53. The molecule has 2 aromatic rings. The van der Waals surface area contributed by atoms with Gasteiger partial charge >= 0.3 is 6.03 Å². The van der Waals surface area contributed by atoms with Gasteiger partial charge in [0.2, 0.25) is 0 Å². The maximum atomic E-state index is 12.4. The first kappa shape index (κ1) is 14.0. The molecule has 2 aromatic carbocycles. The molecule has 21 heavy (non-hydrogen) atoms. The predicted octanol–water partition coefficient (Wildman–Crippen LogP) is 4.00. The van der Waals surface area contributed by atoms with Crippen molar-refractivity contribution >= 4 is 23.3 Å².